The summed E-state index contributed by atoms with van der Waals surface area (Å²) in [6, 6.07) is 8.55. The van der Waals surface area contributed by atoms with E-state index in [2.05, 4.69) is 49.6 Å². The minimum Gasteiger partial charge on any atom is -0.270 e. The number of hydroxylamine groups is 2. The first-order chi connectivity index (χ1) is 8.76. The maximum atomic E-state index is 5.51. The van der Waals surface area contributed by atoms with Crippen molar-refractivity contribution in [2.45, 2.75) is 24.7 Å². The molecule has 0 amide bonds. The van der Waals surface area contributed by atoms with Crippen molar-refractivity contribution in [1.29, 1.82) is 0 Å². The van der Waals surface area contributed by atoms with Crippen LogP contribution in [0.15, 0.2) is 53.2 Å². The topological polar surface area (TPSA) is 12.5 Å². The lowest BCUT2D eigenvalue weighted by atomic mass is 9.96. The molecule has 1 atom stereocenters. The number of thioether (sulfide) groups is 1. The summed E-state index contributed by atoms with van der Waals surface area (Å²) in [5, 5.41) is 1.83. The molecule has 0 radical (unpaired) electrons. The van der Waals surface area contributed by atoms with Gasteiger partial charge in [0.25, 0.3) is 0 Å². The molecule has 0 saturated carbocycles. The Hall–Kier alpha value is -1.19. The molecule has 3 heteroatoms. The molecule has 0 aromatic heterocycles. The molecular weight excluding hydrogens is 242 g/mol. The predicted molar refractivity (Wildman–Crippen MR) is 77.3 cm³/mol. The van der Waals surface area contributed by atoms with Crippen molar-refractivity contribution in [3.8, 4) is 0 Å². The molecule has 1 heterocycles. The Morgan fingerprint density at radius 1 is 1.33 bits per heavy atom. The second-order valence-electron chi connectivity index (χ2n) is 4.16. The first kappa shape index (κ1) is 13.2. The van der Waals surface area contributed by atoms with E-state index in [1.807, 2.05) is 18.2 Å². The zero-order valence-electron chi connectivity index (χ0n) is 11.1. The second-order valence-corrected chi connectivity index (χ2v) is 5.01. The SMILES string of the molecule is CCON1C=CC(c2ccccc2SC)C=C1C. The number of benzene rings is 1. The highest BCUT2D eigenvalue weighted by molar-refractivity contribution is 7.98. The Kier molecular flexibility index (Phi) is 4.50. The van der Waals surface area contributed by atoms with Gasteiger partial charge >= 0.3 is 0 Å². The molecule has 2 rings (SSSR count). The minimum absolute atomic E-state index is 0.338. The van der Waals surface area contributed by atoms with Gasteiger partial charge in [-0.05, 0) is 31.7 Å². The number of hydrogen-bond acceptors (Lipinski definition) is 3. The maximum Gasteiger partial charge on any atom is 0.0724 e. The van der Waals surface area contributed by atoms with Crippen LogP contribution in [0.1, 0.15) is 25.3 Å². The van der Waals surface area contributed by atoms with Gasteiger partial charge in [0.2, 0.25) is 0 Å². The van der Waals surface area contributed by atoms with Crippen molar-refractivity contribution in [2.24, 2.45) is 0 Å². The largest absolute Gasteiger partial charge is 0.270 e. The molecule has 18 heavy (non-hydrogen) atoms. The molecular formula is C15H19NOS. The van der Waals surface area contributed by atoms with E-state index in [-0.39, 0.29) is 0 Å². The average Bonchev–Trinajstić information content (AvgIpc) is 2.41. The van der Waals surface area contributed by atoms with Crippen LogP contribution in [0, 0.1) is 0 Å². The highest BCUT2D eigenvalue weighted by atomic mass is 32.2. The summed E-state index contributed by atoms with van der Waals surface area (Å²) in [7, 11) is 0. The van der Waals surface area contributed by atoms with Crippen LogP contribution in [-0.2, 0) is 4.84 Å². The summed E-state index contributed by atoms with van der Waals surface area (Å²) in [6.45, 7) is 4.76. The molecule has 0 saturated heterocycles. The number of hydrogen-bond donors (Lipinski definition) is 0. The Morgan fingerprint density at radius 2 is 2.11 bits per heavy atom. The Labute approximate surface area is 113 Å². The molecule has 1 aromatic carbocycles. The lowest BCUT2D eigenvalue weighted by Gasteiger charge is -2.26. The first-order valence-electron chi connectivity index (χ1n) is 6.18. The lowest BCUT2D eigenvalue weighted by molar-refractivity contribution is -0.0876. The summed E-state index contributed by atoms with van der Waals surface area (Å²) in [5.41, 5.74) is 2.50. The number of rotatable bonds is 4. The van der Waals surface area contributed by atoms with Crippen LogP contribution in [-0.4, -0.2) is 17.9 Å². The molecule has 1 aromatic rings. The molecule has 0 aliphatic carbocycles. The third-order valence-electron chi connectivity index (χ3n) is 2.96. The molecule has 96 valence electrons. The van der Waals surface area contributed by atoms with E-state index >= 15 is 0 Å². The second kappa shape index (κ2) is 6.12. The molecule has 1 aliphatic heterocycles. The summed E-state index contributed by atoms with van der Waals surface area (Å²) in [5.74, 6) is 0.338. The van der Waals surface area contributed by atoms with Gasteiger partial charge in [-0.2, -0.15) is 0 Å². The quantitative estimate of drug-likeness (QED) is 0.755. The van der Waals surface area contributed by atoms with Gasteiger partial charge in [-0.1, -0.05) is 30.4 Å². The van der Waals surface area contributed by atoms with Crippen LogP contribution in [0.4, 0.5) is 0 Å². The Bertz CT molecular complexity index is 467. The molecule has 0 spiro atoms. The van der Waals surface area contributed by atoms with Crippen LogP contribution < -0.4 is 0 Å². The van der Waals surface area contributed by atoms with Crippen LogP contribution in [0.25, 0.3) is 0 Å². The van der Waals surface area contributed by atoms with E-state index in [1.165, 1.54) is 10.5 Å². The van der Waals surface area contributed by atoms with E-state index in [0.29, 0.717) is 12.5 Å². The standard InChI is InChI=1S/C15H19NOS/c1-4-17-16-10-9-13(11-12(16)2)14-7-5-6-8-15(14)18-3/h5-11,13H,4H2,1-3H3. The summed E-state index contributed by atoms with van der Waals surface area (Å²) in [4.78, 5) is 6.84. The fourth-order valence-corrected chi connectivity index (χ4v) is 2.75. The molecule has 1 aliphatic rings. The van der Waals surface area contributed by atoms with E-state index in [0.717, 1.165) is 5.70 Å². The fourth-order valence-electron chi connectivity index (χ4n) is 2.10. The summed E-state index contributed by atoms with van der Waals surface area (Å²) >= 11 is 1.79. The van der Waals surface area contributed by atoms with Crippen LogP contribution in [0.3, 0.4) is 0 Å². The van der Waals surface area contributed by atoms with Crippen LogP contribution in [0.2, 0.25) is 0 Å². The third-order valence-corrected chi connectivity index (χ3v) is 3.78. The van der Waals surface area contributed by atoms with Crippen molar-refractivity contribution in [1.82, 2.24) is 5.06 Å². The molecule has 1 unspecified atom stereocenters. The maximum absolute atomic E-state index is 5.51. The van der Waals surface area contributed by atoms with Gasteiger partial charge in [-0.25, -0.2) is 5.06 Å². The van der Waals surface area contributed by atoms with Crippen molar-refractivity contribution in [3.63, 3.8) is 0 Å². The van der Waals surface area contributed by atoms with Gasteiger partial charge in [-0.3, -0.25) is 4.84 Å². The summed E-state index contributed by atoms with van der Waals surface area (Å²) in [6.07, 6.45) is 8.55. The molecule has 0 bridgehead atoms. The summed E-state index contributed by atoms with van der Waals surface area (Å²) < 4.78 is 0. The average molecular weight is 261 g/mol. The van der Waals surface area contributed by atoms with Gasteiger partial charge in [0.1, 0.15) is 0 Å². The minimum atomic E-state index is 0.338. The first-order valence-corrected chi connectivity index (χ1v) is 7.40. The zero-order valence-corrected chi connectivity index (χ0v) is 11.9. The highest BCUT2D eigenvalue weighted by Gasteiger charge is 2.16. The zero-order chi connectivity index (χ0) is 13.0. The van der Waals surface area contributed by atoms with Crippen molar-refractivity contribution < 1.29 is 4.84 Å². The van der Waals surface area contributed by atoms with Crippen molar-refractivity contribution in [3.05, 3.63) is 53.9 Å². The molecule has 2 nitrogen and oxygen atoms in total. The smallest absolute Gasteiger partial charge is 0.0724 e. The van der Waals surface area contributed by atoms with Gasteiger partial charge < -0.3 is 0 Å². The predicted octanol–water partition coefficient (Wildman–Crippen LogP) is 4.18. The van der Waals surface area contributed by atoms with E-state index in [1.54, 1.807) is 11.8 Å². The Balaban J connectivity index is 2.24. The normalized spacial score (nSPS) is 18.9. The highest BCUT2D eigenvalue weighted by Crippen LogP contribution is 2.32. The number of nitrogens with zero attached hydrogens (tertiary/aromatic N) is 1. The molecule has 0 N–H and O–H groups in total. The van der Waals surface area contributed by atoms with Gasteiger partial charge in [0.05, 0.1) is 6.61 Å². The van der Waals surface area contributed by atoms with Gasteiger partial charge in [-0.15, -0.1) is 11.8 Å². The van der Waals surface area contributed by atoms with Gasteiger partial charge in [0.15, 0.2) is 0 Å². The number of allylic oxidation sites excluding steroid dienone is 3. The fraction of sp³-hybridized carbons (Fsp3) is 0.333. The van der Waals surface area contributed by atoms with Crippen LogP contribution in [0.5, 0.6) is 0 Å². The Morgan fingerprint density at radius 3 is 2.78 bits per heavy atom. The van der Waals surface area contributed by atoms with E-state index in [9.17, 15) is 0 Å². The lowest BCUT2D eigenvalue weighted by Crippen LogP contribution is -2.19. The monoisotopic (exact) mass is 261 g/mol. The van der Waals surface area contributed by atoms with E-state index in [4.69, 9.17) is 4.84 Å². The van der Waals surface area contributed by atoms with E-state index < -0.39 is 0 Å². The molecule has 0 fully saturated rings. The van der Waals surface area contributed by atoms with Crippen molar-refractivity contribution in [2.75, 3.05) is 12.9 Å². The van der Waals surface area contributed by atoms with Gasteiger partial charge in [0, 0.05) is 22.7 Å². The third kappa shape index (κ3) is 2.79. The van der Waals surface area contributed by atoms with Crippen molar-refractivity contribution >= 4 is 11.8 Å². The van der Waals surface area contributed by atoms with Crippen LogP contribution >= 0.6 is 11.8 Å².